The number of nitrogens with one attached hydrogen (secondary N) is 1. The Hall–Kier alpha value is -3.05. The number of hydrogen-bond acceptors (Lipinski definition) is 3. The zero-order valence-electron chi connectivity index (χ0n) is 15.6. The number of benzene rings is 2. The Morgan fingerprint density at radius 1 is 1.04 bits per heavy atom. The SMILES string of the molecule is Cc1cccn2cc(-c3ccccc3NC(=O)CSCc3ccccc3)nc12. The number of aromatic nitrogens is 2. The van der Waals surface area contributed by atoms with Crippen LogP contribution in [0.2, 0.25) is 0 Å². The van der Waals surface area contributed by atoms with Crippen molar-refractivity contribution >= 4 is 29.0 Å². The van der Waals surface area contributed by atoms with E-state index in [-0.39, 0.29) is 5.91 Å². The van der Waals surface area contributed by atoms with E-state index < -0.39 is 0 Å². The summed E-state index contributed by atoms with van der Waals surface area (Å²) in [6.07, 6.45) is 3.98. The summed E-state index contributed by atoms with van der Waals surface area (Å²) in [5, 5.41) is 3.05. The first-order valence-corrected chi connectivity index (χ1v) is 10.3. The molecule has 0 saturated heterocycles. The number of fused-ring (bicyclic) bond motifs is 1. The van der Waals surface area contributed by atoms with Gasteiger partial charge in [0, 0.05) is 23.7 Å². The van der Waals surface area contributed by atoms with E-state index in [0.717, 1.165) is 33.9 Å². The molecule has 2 aromatic heterocycles. The van der Waals surface area contributed by atoms with Crippen LogP contribution in [0, 0.1) is 6.92 Å². The average Bonchev–Trinajstić information content (AvgIpc) is 3.15. The maximum atomic E-state index is 12.5. The molecule has 0 unspecified atom stereocenters. The molecule has 1 amide bonds. The summed E-state index contributed by atoms with van der Waals surface area (Å²) in [6, 6.07) is 22.0. The molecule has 0 aliphatic carbocycles. The summed E-state index contributed by atoms with van der Waals surface area (Å²) in [5.74, 6) is 1.23. The second-order valence-electron chi connectivity index (χ2n) is 6.62. The van der Waals surface area contributed by atoms with Crippen molar-refractivity contribution in [2.75, 3.05) is 11.1 Å². The normalized spacial score (nSPS) is 10.9. The highest BCUT2D eigenvalue weighted by Crippen LogP contribution is 2.28. The molecular formula is C23H21N3OS. The molecule has 0 fully saturated rings. The molecule has 2 aromatic carbocycles. The number of pyridine rings is 1. The number of thioether (sulfide) groups is 1. The molecular weight excluding hydrogens is 366 g/mol. The van der Waals surface area contributed by atoms with Gasteiger partial charge < -0.3 is 9.72 Å². The standard InChI is InChI=1S/C23H21N3OS/c1-17-8-7-13-26-14-21(25-23(17)26)19-11-5-6-12-20(19)24-22(27)16-28-15-18-9-3-2-4-10-18/h2-14H,15-16H2,1H3,(H,24,27). The zero-order valence-corrected chi connectivity index (χ0v) is 16.4. The summed E-state index contributed by atoms with van der Waals surface area (Å²) in [5.41, 5.74) is 5.83. The lowest BCUT2D eigenvalue weighted by Crippen LogP contribution is -2.14. The van der Waals surface area contributed by atoms with Gasteiger partial charge in [0.15, 0.2) is 0 Å². The Morgan fingerprint density at radius 3 is 2.64 bits per heavy atom. The van der Waals surface area contributed by atoms with E-state index in [4.69, 9.17) is 4.98 Å². The topological polar surface area (TPSA) is 46.4 Å². The van der Waals surface area contributed by atoms with Gasteiger partial charge in [-0.25, -0.2) is 4.98 Å². The fraction of sp³-hybridized carbons (Fsp3) is 0.130. The zero-order chi connectivity index (χ0) is 19.3. The second-order valence-corrected chi connectivity index (χ2v) is 7.61. The number of hydrogen-bond donors (Lipinski definition) is 1. The summed E-state index contributed by atoms with van der Waals surface area (Å²) < 4.78 is 2.01. The summed E-state index contributed by atoms with van der Waals surface area (Å²) in [6.45, 7) is 2.05. The molecule has 140 valence electrons. The fourth-order valence-electron chi connectivity index (χ4n) is 3.12. The number of amides is 1. The third-order valence-electron chi connectivity index (χ3n) is 4.50. The van der Waals surface area contributed by atoms with E-state index in [1.54, 1.807) is 11.8 Å². The smallest absolute Gasteiger partial charge is 0.234 e. The van der Waals surface area contributed by atoms with Crippen molar-refractivity contribution < 1.29 is 4.79 Å². The van der Waals surface area contributed by atoms with Gasteiger partial charge in [-0.1, -0.05) is 54.6 Å². The molecule has 0 bridgehead atoms. The Kier molecular flexibility index (Phi) is 5.44. The Bertz CT molecular complexity index is 1110. The summed E-state index contributed by atoms with van der Waals surface area (Å²) in [4.78, 5) is 17.2. The Labute approximate surface area is 168 Å². The maximum absolute atomic E-state index is 12.5. The van der Waals surface area contributed by atoms with Gasteiger partial charge in [-0.2, -0.15) is 0 Å². The number of carbonyl (C=O) groups is 1. The third-order valence-corrected chi connectivity index (χ3v) is 5.50. The van der Waals surface area contributed by atoms with Crippen LogP contribution < -0.4 is 5.32 Å². The van der Waals surface area contributed by atoms with E-state index in [1.807, 2.05) is 78.3 Å². The van der Waals surface area contributed by atoms with E-state index in [1.165, 1.54) is 5.56 Å². The molecule has 2 heterocycles. The Morgan fingerprint density at radius 2 is 1.82 bits per heavy atom. The second kappa shape index (κ2) is 8.31. The Balaban J connectivity index is 1.48. The van der Waals surface area contributed by atoms with Crippen molar-refractivity contribution in [2.45, 2.75) is 12.7 Å². The van der Waals surface area contributed by atoms with Crippen LogP contribution >= 0.6 is 11.8 Å². The van der Waals surface area contributed by atoms with Crippen LogP contribution in [-0.2, 0) is 10.5 Å². The highest BCUT2D eigenvalue weighted by atomic mass is 32.2. The average molecular weight is 388 g/mol. The largest absolute Gasteiger partial charge is 0.325 e. The molecule has 0 atom stereocenters. The van der Waals surface area contributed by atoms with E-state index >= 15 is 0 Å². The molecule has 4 nitrogen and oxygen atoms in total. The minimum absolute atomic E-state index is 0.00618. The first-order valence-electron chi connectivity index (χ1n) is 9.16. The monoisotopic (exact) mass is 387 g/mol. The van der Waals surface area contributed by atoms with Crippen molar-refractivity contribution in [3.05, 3.63) is 90.3 Å². The molecule has 28 heavy (non-hydrogen) atoms. The molecule has 0 spiro atoms. The van der Waals surface area contributed by atoms with Gasteiger partial charge >= 0.3 is 0 Å². The van der Waals surface area contributed by atoms with Crippen molar-refractivity contribution in [3.63, 3.8) is 0 Å². The minimum Gasteiger partial charge on any atom is -0.325 e. The lowest BCUT2D eigenvalue weighted by atomic mass is 10.1. The van der Waals surface area contributed by atoms with Crippen molar-refractivity contribution in [1.29, 1.82) is 0 Å². The minimum atomic E-state index is -0.00618. The number of aryl methyl sites for hydroxylation is 1. The van der Waals surface area contributed by atoms with Crippen molar-refractivity contribution in [3.8, 4) is 11.3 Å². The number of imidazole rings is 1. The van der Waals surface area contributed by atoms with Gasteiger partial charge in [-0.3, -0.25) is 4.79 Å². The lowest BCUT2D eigenvalue weighted by Gasteiger charge is -2.09. The van der Waals surface area contributed by atoms with Gasteiger partial charge in [0.2, 0.25) is 5.91 Å². The van der Waals surface area contributed by atoms with Crippen LogP contribution in [0.15, 0.2) is 79.1 Å². The molecule has 0 aliphatic heterocycles. The van der Waals surface area contributed by atoms with Crippen LogP contribution in [0.1, 0.15) is 11.1 Å². The molecule has 0 aliphatic rings. The van der Waals surface area contributed by atoms with Crippen molar-refractivity contribution in [1.82, 2.24) is 9.38 Å². The first kappa shape index (κ1) is 18.3. The highest BCUT2D eigenvalue weighted by Gasteiger charge is 2.12. The number of para-hydroxylation sites is 1. The van der Waals surface area contributed by atoms with E-state index in [9.17, 15) is 4.79 Å². The predicted octanol–water partition coefficient (Wildman–Crippen LogP) is 5.18. The van der Waals surface area contributed by atoms with Crippen LogP contribution in [0.5, 0.6) is 0 Å². The highest BCUT2D eigenvalue weighted by molar-refractivity contribution is 7.99. The lowest BCUT2D eigenvalue weighted by molar-refractivity contribution is -0.113. The van der Waals surface area contributed by atoms with Gasteiger partial charge in [0.25, 0.3) is 0 Å². The number of carbonyl (C=O) groups excluding carboxylic acids is 1. The predicted molar refractivity (Wildman–Crippen MR) is 117 cm³/mol. The van der Waals surface area contributed by atoms with Gasteiger partial charge in [-0.15, -0.1) is 11.8 Å². The van der Waals surface area contributed by atoms with Gasteiger partial charge in [0.1, 0.15) is 5.65 Å². The molecule has 0 saturated carbocycles. The molecule has 1 N–H and O–H groups in total. The molecule has 4 aromatic rings. The van der Waals surface area contributed by atoms with E-state index in [2.05, 4.69) is 17.4 Å². The van der Waals surface area contributed by atoms with E-state index in [0.29, 0.717) is 5.75 Å². The third kappa shape index (κ3) is 4.10. The summed E-state index contributed by atoms with van der Waals surface area (Å²) >= 11 is 1.61. The molecule has 5 heteroatoms. The molecule has 0 radical (unpaired) electrons. The van der Waals surface area contributed by atoms with Gasteiger partial charge in [0.05, 0.1) is 17.1 Å². The fourth-order valence-corrected chi connectivity index (χ4v) is 3.91. The maximum Gasteiger partial charge on any atom is 0.234 e. The quantitative estimate of drug-likeness (QED) is 0.496. The summed E-state index contributed by atoms with van der Waals surface area (Å²) in [7, 11) is 0. The molecule has 4 rings (SSSR count). The van der Waals surface area contributed by atoms with Crippen LogP contribution in [0.25, 0.3) is 16.9 Å². The van der Waals surface area contributed by atoms with Crippen LogP contribution in [-0.4, -0.2) is 21.0 Å². The van der Waals surface area contributed by atoms with Gasteiger partial charge in [-0.05, 0) is 30.2 Å². The first-order chi connectivity index (χ1) is 13.7. The number of nitrogens with zero attached hydrogens (tertiary/aromatic N) is 2. The van der Waals surface area contributed by atoms with Crippen LogP contribution in [0.4, 0.5) is 5.69 Å². The number of anilines is 1. The van der Waals surface area contributed by atoms with Crippen LogP contribution in [0.3, 0.4) is 0 Å². The number of rotatable bonds is 6. The van der Waals surface area contributed by atoms with Crippen molar-refractivity contribution in [2.24, 2.45) is 0 Å².